The number of amides is 1. The van der Waals surface area contributed by atoms with Crippen molar-refractivity contribution < 1.29 is 4.79 Å². The molecule has 80 valence electrons. The minimum Gasteiger partial charge on any atom is -0.346 e. The van der Waals surface area contributed by atoms with E-state index >= 15 is 0 Å². The molecule has 2 nitrogen and oxygen atoms in total. The normalized spacial score (nSPS) is 12.7. The first-order chi connectivity index (χ1) is 7.15. The summed E-state index contributed by atoms with van der Waals surface area (Å²) < 4.78 is 1.01. The van der Waals surface area contributed by atoms with Gasteiger partial charge >= 0.3 is 0 Å². The van der Waals surface area contributed by atoms with Gasteiger partial charge in [-0.05, 0) is 31.6 Å². The first-order valence-electron chi connectivity index (χ1n) is 4.82. The van der Waals surface area contributed by atoms with E-state index in [1.165, 1.54) is 6.08 Å². The first-order valence-corrected chi connectivity index (χ1v) is 5.62. The molecule has 0 fully saturated rings. The number of benzene rings is 1. The summed E-state index contributed by atoms with van der Waals surface area (Å²) in [7, 11) is 0. The molecule has 0 aliphatic carbocycles. The zero-order valence-corrected chi connectivity index (χ0v) is 10.4. The molecule has 0 radical (unpaired) electrons. The Morgan fingerprint density at radius 2 is 2.13 bits per heavy atom. The third-order valence-corrected chi connectivity index (χ3v) is 2.77. The van der Waals surface area contributed by atoms with E-state index in [2.05, 4.69) is 21.2 Å². The molecule has 15 heavy (non-hydrogen) atoms. The van der Waals surface area contributed by atoms with Crippen molar-refractivity contribution >= 4 is 21.8 Å². The fraction of sp³-hybridized carbons (Fsp3) is 0.250. The maximum Gasteiger partial charge on any atom is 0.244 e. The summed E-state index contributed by atoms with van der Waals surface area (Å²) in [4.78, 5) is 11.3. The molecule has 1 aromatic carbocycles. The second-order valence-electron chi connectivity index (χ2n) is 3.25. The van der Waals surface area contributed by atoms with Crippen LogP contribution in [0.15, 0.2) is 40.9 Å². The minimum atomic E-state index is -0.0687. The van der Waals surface area contributed by atoms with Gasteiger partial charge < -0.3 is 5.32 Å². The summed E-state index contributed by atoms with van der Waals surface area (Å²) in [5.41, 5.74) is 1.08. The highest BCUT2D eigenvalue weighted by Crippen LogP contribution is 2.22. The number of hydrogen-bond acceptors (Lipinski definition) is 1. The number of hydrogen-bond donors (Lipinski definition) is 1. The van der Waals surface area contributed by atoms with E-state index in [4.69, 9.17) is 0 Å². The fourth-order valence-corrected chi connectivity index (χ4v) is 1.95. The van der Waals surface area contributed by atoms with Gasteiger partial charge in [0.15, 0.2) is 0 Å². The molecule has 1 N–H and O–H groups in total. The molecule has 0 spiro atoms. The highest BCUT2D eigenvalue weighted by Gasteiger charge is 2.09. The van der Waals surface area contributed by atoms with Crippen LogP contribution >= 0.6 is 15.9 Å². The molecule has 3 heteroatoms. The van der Waals surface area contributed by atoms with Gasteiger partial charge in [0.05, 0.1) is 6.04 Å². The van der Waals surface area contributed by atoms with Gasteiger partial charge in [-0.15, -0.1) is 0 Å². The summed E-state index contributed by atoms with van der Waals surface area (Å²) in [5.74, 6) is -0.0687. The largest absolute Gasteiger partial charge is 0.346 e. The van der Waals surface area contributed by atoms with Crippen molar-refractivity contribution in [3.05, 3.63) is 46.5 Å². The number of carbonyl (C=O) groups is 1. The Bertz CT molecular complexity index is 374. The number of halogens is 1. The highest BCUT2D eigenvalue weighted by atomic mass is 79.9. The fourth-order valence-electron chi connectivity index (χ4n) is 1.32. The van der Waals surface area contributed by atoms with Crippen LogP contribution in [0.2, 0.25) is 0 Å². The zero-order valence-electron chi connectivity index (χ0n) is 8.83. The highest BCUT2D eigenvalue weighted by molar-refractivity contribution is 9.10. The van der Waals surface area contributed by atoms with Gasteiger partial charge in [-0.25, -0.2) is 0 Å². The van der Waals surface area contributed by atoms with E-state index < -0.39 is 0 Å². The van der Waals surface area contributed by atoms with Crippen molar-refractivity contribution in [1.29, 1.82) is 0 Å². The number of rotatable bonds is 3. The van der Waals surface area contributed by atoms with Crippen LogP contribution in [0.3, 0.4) is 0 Å². The predicted molar refractivity (Wildman–Crippen MR) is 65.5 cm³/mol. The van der Waals surface area contributed by atoms with Crippen LogP contribution in [0, 0.1) is 0 Å². The standard InChI is InChI=1S/C12H14BrNO/c1-3-6-12(15)14-9(2)10-7-4-5-8-11(10)13/h3-9H,1-2H3,(H,14,15)/b6-3+/t9-/m0/s1. The van der Waals surface area contributed by atoms with E-state index in [1.54, 1.807) is 6.08 Å². The summed E-state index contributed by atoms with van der Waals surface area (Å²) >= 11 is 3.46. The number of carbonyl (C=O) groups excluding carboxylic acids is 1. The molecule has 0 unspecified atom stereocenters. The topological polar surface area (TPSA) is 29.1 Å². The van der Waals surface area contributed by atoms with Gasteiger partial charge in [0, 0.05) is 4.47 Å². The maximum absolute atomic E-state index is 11.3. The Balaban J connectivity index is 2.73. The van der Waals surface area contributed by atoms with Crippen LogP contribution in [0.1, 0.15) is 25.5 Å². The third kappa shape index (κ3) is 3.51. The zero-order chi connectivity index (χ0) is 11.3. The van der Waals surface area contributed by atoms with Gasteiger partial charge in [-0.1, -0.05) is 40.2 Å². The lowest BCUT2D eigenvalue weighted by Crippen LogP contribution is -2.24. The van der Waals surface area contributed by atoms with Gasteiger partial charge in [0.1, 0.15) is 0 Å². The van der Waals surface area contributed by atoms with Crippen LogP contribution in [0.25, 0.3) is 0 Å². The van der Waals surface area contributed by atoms with E-state index in [0.717, 1.165) is 10.0 Å². The van der Waals surface area contributed by atoms with Crippen molar-refractivity contribution in [3.63, 3.8) is 0 Å². The van der Waals surface area contributed by atoms with E-state index in [1.807, 2.05) is 38.1 Å². The summed E-state index contributed by atoms with van der Waals surface area (Å²) in [6.45, 7) is 3.78. The summed E-state index contributed by atoms with van der Waals surface area (Å²) in [6.07, 6.45) is 3.25. The van der Waals surface area contributed by atoms with Crippen molar-refractivity contribution in [2.24, 2.45) is 0 Å². The minimum absolute atomic E-state index is 0.00396. The Morgan fingerprint density at radius 1 is 1.47 bits per heavy atom. The second kappa shape index (κ2) is 5.71. The summed E-state index contributed by atoms with van der Waals surface area (Å²) in [5, 5.41) is 2.88. The number of allylic oxidation sites excluding steroid dienone is 1. The Morgan fingerprint density at radius 3 is 2.73 bits per heavy atom. The Hall–Kier alpha value is -1.09. The van der Waals surface area contributed by atoms with Crippen LogP contribution in [-0.4, -0.2) is 5.91 Å². The Labute approximate surface area is 98.5 Å². The van der Waals surface area contributed by atoms with E-state index in [-0.39, 0.29) is 11.9 Å². The molecule has 0 aliphatic rings. The molecular formula is C12H14BrNO. The summed E-state index contributed by atoms with van der Waals surface area (Å²) in [6, 6.07) is 7.87. The molecule has 0 heterocycles. The van der Waals surface area contributed by atoms with Gasteiger partial charge in [-0.3, -0.25) is 4.79 Å². The van der Waals surface area contributed by atoms with Gasteiger partial charge in [0.25, 0.3) is 0 Å². The van der Waals surface area contributed by atoms with Crippen LogP contribution in [-0.2, 0) is 4.79 Å². The van der Waals surface area contributed by atoms with Crippen LogP contribution in [0.4, 0.5) is 0 Å². The lowest BCUT2D eigenvalue weighted by Gasteiger charge is -2.14. The molecular weight excluding hydrogens is 254 g/mol. The lowest BCUT2D eigenvalue weighted by atomic mass is 10.1. The monoisotopic (exact) mass is 267 g/mol. The molecule has 1 rings (SSSR count). The van der Waals surface area contributed by atoms with Crippen molar-refractivity contribution in [1.82, 2.24) is 5.32 Å². The molecule has 0 aromatic heterocycles. The predicted octanol–water partition coefficient (Wildman–Crippen LogP) is 3.20. The quantitative estimate of drug-likeness (QED) is 0.838. The van der Waals surface area contributed by atoms with Gasteiger partial charge in [-0.2, -0.15) is 0 Å². The van der Waals surface area contributed by atoms with Crippen molar-refractivity contribution in [2.45, 2.75) is 19.9 Å². The average Bonchev–Trinajstić information content (AvgIpc) is 2.18. The molecule has 0 bridgehead atoms. The van der Waals surface area contributed by atoms with E-state index in [9.17, 15) is 4.79 Å². The molecule has 1 amide bonds. The second-order valence-corrected chi connectivity index (χ2v) is 4.11. The van der Waals surface area contributed by atoms with Crippen LogP contribution < -0.4 is 5.32 Å². The SMILES string of the molecule is C/C=C/C(=O)N[C@@H](C)c1ccccc1Br. The average molecular weight is 268 g/mol. The lowest BCUT2D eigenvalue weighted by molar-refractivity contribution is -0.117. The number of nitrogens with one attached hydrogen (secondary N) is 1. The van der Waals surface area contributed by atoms with Crippen LogP contribution in [0.5, 0.6) is 0 Å². The maximum atomic E-state index is 11.3. The smallest absolute Gasteiger partial charge is 0.244 e. The molecule has 0 saturated carbocycles. The van der Waals surface area contributed by atoms with Crippen molar-refractivity contribution in [3.8, 4) is 0 Å². The van der Waals surface area contributed by atoms with E-state index in [0.29, 0.717) is 0 Å². The van der Waals surface area contributed by atoms with Gasteiger partial charge in [0.2, 0.25) is 5.91 Å². The Kier molecular flexibility index (Phi) is 4.56. The molecule has 1 aromatic rings. The third-order valence-electron chi connectivity index (χ3n) is 2.05. The first kappa shape index (κ1) is 12.0. The molecule has 1 atom stereocenters. The molecule has 0 saturated heterocycles. The molecule has 0 aliphatic heterocycles. The van der Waals surface area contributed by atoms with Crippen molar-refractivity contribution in [2.75, 3.05) is 0 Å².